The van der Waals surface area contributed by atoms with Gasteiger partial charge >= 0.3 is 0 Å². The van der Waals surface area contributed by atoms with E-state index in [-0.39, 0.29) is 12.1 Å². The first-order chi connectivity index (χ1) is 9.58. The molecular formula is C14H19F2NO3. The Labute approximate surface area is 116 Å². The molecule has 0 radical (unpaired) electrons. The van der Waals surface area contributed by atoms with E-state index in [1.165, 1.54) is 6.07 Å². The second-order valence-corrected chi connectivity index (χ2v) is 4.97. The summed E-state index contributed by atoms with van der Waals surface area (Å²) in [4.78, 5) is 0. The van der Waals surface area contributed by atoms with Crippen LogP contribution in [0.2, 0.25) is 0 Å². The highest BCUT2D eigenvalue weighted by Crippen LogP contribution is 2.23. The molecule has 2 rings (SSSR count). The quantitative estimate of drug-likeness (QED) is 0.830. The summed E-state index contributed by atoms with van der Waals surface area (Å²) in [5.74, 6) is -1.49. The van der Waals surface area contributed by atoms with Crippen LogP contribution in [0.5, 0.6) is 0 Å². The van der Waals surface area contributed by atoms with E-state index in [1.54, 1.807) is 7.11 Å². The maximum atomic E-state index is 13.5. The van der Waals surface area contributed by atoms with E-state index in [4.69, 9.17) is 9.47 Å². The van der Waals surface area contributed by atoms with Gasteiger partial charge in [-0.05, 0) is 12.1 Å². The van der Waals surface area contributed by atoms with Crippen molar-refractivity contribution in [3.8, 4) is 0 Å². The monoisotopic (exact) mass is 287 g/mol. The minimum atomic E-state index is -1.24. The average Bonchev–Trinajstić information content (AvgIpc) is 2.88. The SMILES string of the molecule is COC1(CNCC(O)c2c(F)cccc2F)CCOC1. The minimum Gasteiger partial charge on any atom is -0.387 e. The molecule has 0 bridgehead atoms. The molecule has 1 aromatic rings. The lowest BCUT2D eigenvalue weighted by atomic mass is 10.0. The van der Waals surface area contributed by atoms with E-state index in [0.717, 1.165) is 18.6 Å². The number of halogens is 2. The van der Waals surface area contributed by atoms with Crippen molar-refractivity contribution in [1.29, 1.82) is 0 Å². The number of aliphatic hydroxyl groups is 1. The molecule has 1 aliphatic rings. The van der Waals surface area contributed by atoms with Crippen LogP contribution in [0.15, 0.2) is 18.2 Å². The molecule has 0 spiro atoms. The molecule has 4 nitrogen and oxygen atoms in total. The van der Waals surface area contributed by atoms with Crippen LogP contribution in [0.4, 0.5) is 8.78 Å². The molecule has 0 amide bonds. The molecular weight excluding hydrogens is 268 g/mol. The number of nitrogens with one attached hydrogen (secondary N) is 1. The van der Waals surface area contributed by atoms with Crippen LogP contribution in [0.3, 0.4) is 0 Å². The van der Waals surface area contributed by atoms with Crippen LogP contribution in [0, 0.1) is 11.6 Å². The van der Waals surface area contributed by atoms with Gasteiger partial charge in [0.05, 0.1) is 18.3 Å². The van der Waals surface area contributed by atoms with E-state index >= 15 is 0 Å². The second-order valence-electron chi connectivity index (χ2n) is 4.97. The molecule has 1 aliphatic heterocycles. The maximum Gasteiger partial charge on any atom is 0.131 e. The van der Waals surface area contributed by atoms with E-state index in [9.17, 15) is 13.9 Å². The van der Waals surface area contributed by atoms with Gasteiger partial charge in [-0.25, -0.2) is 8.78 Å². The average molecular weight is 287 g/mol. The highest BCUT2D eigenvalue weighted by atomic mass is 19.1. The summed E-state index contributed by atoms with van der Waals surface area (Å²) >= 11 is 0. The smallest absolute Gasteiger partial charge is 0.131 e. The predicted octanol–water partition coefficient (Wildman–Crippen LogP) is 1.39. The van der Waals surface area contributed by atoms with Gasteiger partial charge in [0.2, 0.25) is 0 Å². The van der Waals surface area contributed by atoms with Crippen LogP contribution < -0.4 is 5.32 Å². The van der Waals surface area contributed by atoms with Gasteiger partial charge in [-0.3, -0.25) is 0 Å². The van der Waals surface area contributed by atoms with Crippen molar-refractivity contribution >= 4 is 0 Å². The number of hydrogen-bond acceptors (Lipinski definition) is 4. The summed E-state index contributed by atoms with van der Waals surface area (Å²) in [7, 11) is 1.60. The number of ether oxygens (including phenoxy) is 2. The first-order valence-corrected chi connectivity index (χ1v) is 6.53. The van der Waals surface area contributed by atoms with Gasteiger partial charge < -0.3 is 19.9 Å². The van der Waals surface area contributed by atoms with Gasteiger partial charge in [-0.15, -0.1) is 0 Å². The van der Waals surface area contributed by atoms with Gasteiger partial charge in [0.15, 0.2) is 0 Å². The van der Waals surface area contributed by atoms with Crippen molar-refractivity contribution in [3.05, 3.63) is 35.4 Å². The number of rotatable bonds is 6. The molecule has 1 aromatic carbocycles. The van der Waals surface area contributed by atoms with Crippen molar-refractivity contribution in [2.24, 2.45) is 0 Å². The van der Waals surface area contributed by atoms with Crippen LogP contribution in [0.25, 0.3) is 0 Å². The molecule has 112 valence electrons. The highest BCUT2D eigenvalue weighted by Gasteiger charge is 2.34. The fourth-order valence-corrected chi connectivity index (χ4v) is 2.33. The topological polar surface area (TPSA) is 50.7 Å². The number of hydrogen-bond donors (Lipinski definition) is 2. The summed E-state index contributed by atoms with van der Waals surface area (Å²) in [5.41, 5.74) is -0.734. The van der Waals surface area contributed by atoms with Crippen molar-refractivity contribution in [2.45, 2.75) is 18.1 Å². The first-order valence-electron chi connectivity index (χ1n) is 6.53. The summed E-state index contributed by atoms with van der Waals surface area (Å²) in [6.45, 7) is 1.60. The Balaban J connectivity index is 1.91. The van der Waals surface area contributed by atoms with Crippen LogP contribution in [0.1, 0.15) is 18.1 Å². The Hall–Kier alpha value is -1.08. The van der Waals surface area contributed by atoms with E-state index in [1.807, 2.05) is 0 Å². The van der Waals surface area contributed by atoms with Crippen LogP contribution >= 0.6 is 0 Å². The van der Waals surface area contributed by atoms with Crippen LogP contribution in [-0.4, -0.2) is 44.1 Å². The third-order valence-electron chi connectivity index (χ3n) is 3.62. The van der Waals surface area contributed by atoms with Gasteiger partial charge in [-0.2, -0.15) is 0 Å². The number of aliphatic hydroxyl groups excluding tert-OH is 1. The Morgan fingerprint density at radius 3 is 2.70 bits per heavy atom. The third-order valence-corrected chi connectivity index (χ3v) is 3.62. The lowest BCUT2D eigenvalue weighted by Gasteiger charge is -2.26. The Bertz CT molecular complexity index is 430. The number of benzene rings is 1. The Morgan fingerprint density at radius 2 is 2.15 bits per heavy atom. The van der Waals surface area contributed by atoms with E-state index < -0.39 is 23.3 Å². The van der Waals surface area contributed by atoms with E-state index in [0.29, 0.717) is 19.8 Å². The first kappa shape index (κ1) is 15.3. The molecule has 2 atom stereocenters. The van der Waals surface area contributed by atoms with Gasteiger partial charge in [0, 0.05) is 33.2 Å². The maximum absolute atomic E-state index is 13.5. The summed E-state index contributed by atoms with van der Waals surface area (Å²) in [6, 6.07) is 3.52. The molecule has 1 heterocycles. The lowest BCUT2D eigenvalue weighted by Crippen LogP contribution is -2.44. The van der Waals surface area contributed by atoms with Gasteiger partial charge in [0.25, 0.3) is 0 Å². The Kier molecular flexibility index (Phi) is 5.04. The second kappa shape index (κ2) is 6.58. The standard InChI is InChI=1S/C14H19F2NO3/c1-19-14(5-6-20-9-14)8-17-7-12(18)13-10(15)3-2-4-11(13)16/h2-4,12,17-18H,5-9H2,1H3. The fraction of sp³-hybridized carbons (Fsp3) is 0.571. The van der Waals surface area contributed by atoms with E-state index in [2.05, 4.69) is 5.32 Å². The van der Waals surface area contributed by atoms with Crippen molar-refractivity contribution < 1.29 is 23.4 Å². The summed E-state index contributed by atoms with van der Waals surface area (Å²) < 4.78 is 37.7. The predicted molar refractivity (Wildman–Crippen MR) is 69.4 cm³/mol. The normalized spacial score (nSPS) is 24.0. The third kappa shape index (κ3) is 3.32. The lowest BCUT2D eigenvalue weighted by molar-refractivity contribution is -0.0174. The van der Waals surface area contributed by atoms with Crippen molar-refractivity contribution in [3.63, 3.8) is 0 Å². The molecule has 1 saturated heterocycles. The summed E-state index contributed by atoms with van der Waals surface area (Å²) in [5, 5.41) is 12.9. The van der Waals surface area contributed by atoms with Crippen molar-refractivity contribution in [2.75, 3.05) is 33.4 Å². The molecule has 2 unspecified atom stereocenters. The molecule has 1 fully saturated rings. The highest BCUT2D eigenvalue weighted by molar-refractivity contribution is 5.22. The fourth-order valence-electron chi connectivity index (χ4n) is 2.33. The van der Waals surface area contributed by atoms with Gasteiger partial charge in [-0.1, -0.05) is 6.07 Å². The molecule has 0 aromatic heterocycles. The molecule has 6 heteroatoms. The summed E-state index contributed by atoms with van der Waals surface area (Å²) in [6.07, 6.45) is -0.492. The molecule has 2 N–H and O–H groups in total. The zero-order chi connectivity index (χ0) is 14.6. The number of methoxy groups -OCH3 is 1. The molecule has 0 aliphatic carbocycles. The van der Waals surface area contributed by atoms with Gasteiger partial charge in [0.1, 0.15) is 17.2 Å². The van der Waals surface area contributed by atoms with Crippen molar-refractivity contribution in [1.82, 2.24) is 5.32 Å². The molecule has 20 heavy (non-hydrogen) atoms. The molecule has 0 saturated carbocycles. The Morgan fingerprint density at radius 1 is 1.45 bits per heavy atom. The zero-order valence-corrected chi connectivity index (χ0v) is 11.4. The zero-order valence-electron chi connectivity index (χ0n) is 11.4. The minimum absolute atomic E-state index is 0.0446. The van der Waals surface area contributed by atoms with Crippen LogP contribution in [-0.2, 0) is 9.47 Å². The largest absolute Gasteiger partial charge is 0.387 e.